The second kappa shape index (κ2) is 56.7. The molecule has 0 aliphatic carbocycles. The summed E-state index contributed by atoms with van der Waals surface area (Å²) in [4.78, 5) is 37.1. The van der Waals surface area contributed by atoms with E-state index in [1.54, 1.807) is 0 Å². The maximum absolute atomic E-state index is 12.8. The molecular formula is C66H115NO8. The zero-order chi connectivity index (χ0) is 54.8. The Balaban J connectivity index is 3.92. The van der Waals surface area contributed by atoms with Crippen molar-refractivity contribution in [1.82, 2.24) is 0 Å². The predicted molar refractivity (Wildman–Crippen MR) is 315 cm³/mol. The van der Waals surface area contributed by atoms with E-state index in [4.69, 9.17) is 18.9 Å². The monoisotopic (exact) mass is 1050 g/mol. The van der Waals surface area contributed by atoms with Crippen LogP contribution in [-0.2, 0) is 33.3 Å². The molecule has 75 heavy (non-hydrogen) atoms. The van der Waals surface area contributed by atoms with Gasteiger partial charge in [-0.2, -0.15) is 0 Å². The summed E-state index contributed by atoms with van der Waals surface area (Å²) in [6.07, 6.45) is 72.5. The lowest BCUT2D eigenvalue weighted by atomic mass is 10.0. The van der Waals surface area contributed by atoms with Gasteiger partial charge in [0.25, 0.3) is 0 Å². The molecule has 0 saturated heterocycles. The van der Waals surface area contributed by atoms with Crippen molar-refractivity contribution in [3.05, 3.63) is 85.1 Å². The van der Waals surface area contributed by atoms with E-state index in [1.807, 2.05) is 21.1 Å². The average molecular weight is 1050 g/mol. The maximum atomic E-state index is 12.8. The van der Waals surface area contributed by atoms with Crippen molar-refractivity contribution in [3.63, 3.8) is 0 Å². The SMILES string of the molecule is CC/C=C\C/C=C\C/C=C\C/C=C\C/C=C\C/C=C\C/C=C\CCCCCCCCCCCCCCCCCCCCCC(=O)OC(COC(=O)CCCCCCCCCCC)COC(OCC[N+](C)(C)C)C(=O)[O-]. The summed E-state index contributed by atoms with van der Waals surface area (Å²) in [5.41, 5.74) is 0. The van der Waals surface area contributed by atoms with E-state index in [-0.39, 0.29) is 32.2 Å². The molecule has 0 heterocycles. The molecule has 0 aromatic carbocycles. The normalized spacial score (nSPS) is 13.3. The highest BCUT2D eigenvalue weighted by Gasteiger charge is 2.22. The number of unbranched alkanes of at least 4 members (excludes halogenated alkanes) is 27. The number of ether oxygens (including phenoxy) is 4. The molecule has 0 radical (unpaired) electrons. The van der Waals surface area contributed by atoms with Gasteiger partial charge in [0.1, 0.15) is 13.2 Å². The summed E-state index contributed by atoms with van der Waals surface area (Å²) in [6.45, 7) is 4.62. The molecule has 0 aromatic heterocycles. The summed E-state index contributed by atoms with van der Waals surface area (Å²) >= 11 is 0. The second-order valence-corrected chi connectivity index (χ2v) is 21.6. The molecule has 9 nitrogen and oxygen atoms in total. The summed E-state index contributed by atoms with van der Waals surface area (Å²) in [6, 6.07) is 0. The number of hydrogen-bond donors (Lipinski definition) is 0. The molecule has 0 N–H and O–H groups in total. The molecule has 0 rings (SSSR count). The van der Waals surface area contributed by atoms with Gasteiger partial charge in [0, 0.05) is 12.8 Å². The van der Waals surface area contributed by atoms with Crippen LogP contribution in [0.25, 0.3) is 0 Å². The minimum Gasteiger partial charge on any atom is -0.545 e. The Bertz CT molecular complexity index is 1500. The number of carboxylic acids is 1. The van der Waals surface area contributed by atoms with Crippen molar-refractivity contribution in [3.8, 4) is 0 Å². The van der Waals surface area contributed by atoms with Gasteiger partial charge in [-0.3, -0.25) is 9.59 Å². The second-order valence-electron chi connectivity index (χ2n) is 21.6. The van der Waals surface area contributed by atoms with Crippen LogP contribution in [0.1, 0.15) is 258 Å². The van der Waals surface area contributed by atoms with E-state index in [2.05, 4.69) is 98.9 Å². The first-order valence-corrected chi connectivity index (χ1v) is 30.7. The number of aliphatic carboxylic acids is 1. The van der Waals surface area contributed by atoms with Crippen LogP contribution in [0.4, 0.5) is 0 Å². The molecule has 9 heteroatoms. The lowest BCUT2D eigenvalue weighted by molar-refractivity contribution is -0.870. The summed E-state index contributed by atoms with van der Waals surface area (Å²) in [5.74, 6) is -2.28. The van der Waals surface area contributed by atoms with E-state index in [1.165, 1.54) is 148 Å². The van der Waals surface area contributed by atoms with Crippen molar-refractivity contribution < 1.29 is 42.9 Å². The third-order valence-corrected chi connectivity index (χ3v) is 13.2. The van der Waals surface area contributed by atoms with Crippen molar-refractivity contribution in [2.45, 2.75) is 270 Å². The fourth-order valence-corrected chi connectivity index (χ4v) is 8.46. The Hall–Kier alpha value is -3.53. The number of carboxylic acid groups (broad SMARTS) is 1. The summed E-state index contributed by atoms with van der Waals surface area (Å²) in [5, 5.41) is 11.7. The van der Waals surface area contributed by atoms with Crippen LogP contribution in [0.15, 0.2) is 85.1 Å². The Kier molecular flexibility index (Phi) is 54.0. The molecule has 0 aromatic rings. The van der Waals surface area contributed by atoms with E-state index in [0.717, 1.165) is 77.0 Å². The Morgan fingerprint density at radius 2 is 0.760 bits per heavy atom. The van der Waals surface area contributed by atoms with Gasteiger partial charge in [0.2, 0.25) is 0 Å². The number of quaternary nitrogens is 1. The van der Waals surface area contributed by atoms with Gasteiger partial charge in [-0.25, -0.2) is 0 Å². The first-order chi connectivity index (χ1) is 36.6. The third kappa shape index (κ3) is 58.0. The first kappa shape index (κ1) is 71.5. The zero-order valence-corrected chi connectivity index (χ0v) is 49.1. The van der Waals surface area contributed by atoms with Crippen LogP contribution in [-0.4, -0.2) is 82.3 Å². The molecule has 2 unspecified atom stereocenters. The Morgan fingerprint density at radius 1 is 0.413 bits per heavy atom. The number of rotatable bonds is 56. The van der Waals surface area contributed by atoms with E-state index < -0.39 is 24.3 Å². The average Bonchev–Trinajstić information content (AvgIpc) is 3.38. The Morgan fingerprint density at radius 3 is 1.13 bits per heavy atom. The number of nitrogens with zero attached hydrogens (tertiary/aromatic N) is 1. The number of carbonyl (C=O) groups excluding carboxylic acids is 3. The topological polar surface area (TPSA) is 111 Å². The van der Waals surface area contributed by atoms with Crippen LogP contribution in [0.5, 0.6) is 0 Å². The smallest absolute Gasteiger partial charge is 0.306 e. The maximum Gasteiger partial charge on any atom is 0.306 e. The number of esters is 2. The van der Waals surface area contributed by atoms with Crippen LogP contribution in [0.2, 0.25) is 0 Å². The fourth-order valence-electron chi connectivity index (χ4n) is 8.46. The molecular weight excluding hydrogens is 935 g/mol. The van der Waals surface area contributed by atoms with Crippen molar-refractivity contribution in [2.75, 3.05) is 47.5 Å². The highest BCUT2D eigenvalue weighted by Crippen LogP contribution is 2.17. The molecule has 0 fully saturated rings. The first-order valence-electron chi connectivity index (χ1n) is 30.7. The molecule has 0 spiro atoms. The molecule has 2 atom stereocenters. The highest BCUT2D eigenvalue weighted by atomic mass is 16.7. The molecule has 0 bridgehead atoms. The van der Waals surface area contributed by atoms with E-state index in [9.17, 15) is 19.5 Å². The lowest BCUT2D eigenvalue weighted by Gasteiger charge is -2.26. The van der Waals surface area contributed by atoms with E-state index >= 15 is 0 Å². The van der Waals surface area contributed by atoms with Crippen LogP contribution in [0, 0.1) is 0 Å². The number of allylic oxidation sites excluding steroid dienone is 14. The van der Waals surface area contributed by atoms with Crippen molar-refractivity contribution in [1.29, 1.82) is 0 Å². The van der Waals surface area contributed by atoms with Gasteiger partial charge in [-0.05, 0) is 70.6 Å². The van der Waals surface area contributed by atoms with Gasteiger partial charge >= 0.3 is 11.9 Å². The fraction of sp³-hybridized carbons (Fsp3) is 0.742. The third-order valence-electron chi connectivity index (χ3n) is 13.2. The van der Waals surface area contributed by atoms with Gasteiger partial charge in [-0.15, -0.1) is 0 Å². The van der Waals surface area contributed by atoms with E-state index in [0.29, 0.717) is 23.9 Å². The molecule has 0 amide bonds. The predicted octanol–water partition coefficient (Wildman–Crippen LogP) is 17.0. The number of hydrogen-bond acceptors (Lipinski definition) is 8. The Labute approximate surface area is 461 Å². The largest absolute Gasteiger partial charge is 0.545 e. The molecule has 0 saturated carbocycles. The molecule has 0 aliphatic rings. The quantitative estimate of drug-likeness (QED) is 0.0195. The van der Waals surface area contributed by atoms with Gasteiger partial charge in [-0.1, -0.05) is 259 Å². The van der Waals surface area contributed by atoms with Crippen LogP contribution >= 0.6 is 0 Å². The van der Waals surface area contributed by atoms with Crippen LogP contribution in [0.3, 0.4) is 0 Å². The van der Waals surface area contributed by atoms with Crippen molar-refractivity contribution in [2.24, 2.45) is 0 Å². The molecule has 432 valence electrons. The minimum atomic E-state index is -1.62. The number of carbonyl (C=O) groups is 3. The highest BCUT2D eigenvalue weighted by molar-refractivity contribution is 5.70. The zero-order valence-electron chi connectivity index (χ0n) is 49.1. The lowest BCUT2D eigenvalue weighted by Crippen LogP contribution is -2.44. The number of likely N-dealkylation sites (N-methyl/N-ethyl adjacent to an activating group) is 1. The van der Waals surface area contributed by atoms with Crippen molar-refractivity contribution >= 4 is 17.9 Å². The molecule has 0 aliphatic heterocycles. The minimum absolute atomic E-state index is 0.148. The van der Waals surface area contributed by atoms with Gasteiger partial charge < -0.3 is 33.3 Å². The summed E-state index contributed by atoms with van der Waals surface area (Å²) < 4.78 is 22.6. The summed E-state index contributed by atoms with van der Waals surface area (Å²) in [7, 11) is 5.92. The van der Waals surface area contributed by atoms with Gasteiger partial charge in [0.15, 0.2) is 12.4 Å². The van der Waals surface area contributed by atoms with Gasteiger partial charge in [0.05, 0.1) is 40.3 Å². The van der Waals surface area contributed by atoms with Crippen LogP contribution < -0.4 is 5.11 Å². The standard InChI is InChI=1S/C66H115NO8/c1-6-8-10-12-14-16-17-18-19-20-21-22-23-24-25-26-27-28-29-30-31-32-33-34-35-36-37-38-39-40-41-42-43-44-45-46-47-49-51-53-55-57-64(69)75-62(61-74-66(65(70)71)72-59-58-67(3,4)5)60-73-63(68)56-54-52-50-48-15-13-11-9-7-2/h8,10,14,16,18-19,21-22,24-25,27-28,30-31,62,66H,6-7,9,11-13,15,17,20,23,26,29,32-61H2,1-5H3/b10-8-,16-14-,19-18-,22-21-,25-24-,28-27-,31-30-.